The Morgan fingerprint density at radius 1 is 1.40 bits per heavy atom. The number of rotatable bonds is 3. The second-order valence-electron chi connectivity index (χ2n) is 5.28. The number of halogens is 1. The van der Waals surface area contributed by atoms with Gasteiger partial charge in [-0.05, 0) is 43.1 Å². The average Bonchev–Trinajstić information content (AvgIpc) is 2.88. The van der Waals surface area contributed by atoms with Crippen molar-refractivity contribution in [3.8, 4) is 0 Å². The Bertz CT molecular complexity index is 629. The average molecular weight is 291 g/mol. The van der Waals surface area contributed by atoms with Crippen molar-refractivity contribution in [3.05, 3.63) is 29.0 Å². The number of aryl methyl sites for hydroxylation is 1. The van der Waals surface area contributed by atoms with Gasteiger partial charge in [-0.15, -0.1) is 0 Å². The molecule has 1 aromatic heterocycles. The number of aromatic nitrogens is 2. The van der Waals surface area contributed by atoms with Gasteiger partial charge in [0.1, 0.15) is 5.82 Å². The van der Waals surface area contributed by atoms with Gasteiger partial charge in [0.05, 0.1) is 5.52 Å². The number of para-hydroxylation sites is 1. The van der Waals surface area contributed by atoms with Crippen LogP contribution < -0.4 is 10.2 Å². The van der Waals surface area contributed by atoms with Gasteiger partial charge < -0.3 is 10.2 Å². The van der Waals surface area contributed by atoms with E-state index in [9.17, 15) is 0 Å². The molecule has 0 amide bonds. The summed E-state index contributed by atoms with van der Waals surface area (Å²) >= 11 is 6.11. The summed E-state index contributed by atoms with van der Waals surface area (Å²) in [6.07, 6.45) is 1.14. The molecule has 4 nitrogen and oxygen atoms in total. The molecule has 0 radical (unpaired) electrons. The van der Waals surface area contributed by atoms with Crippen molar-refractivity contribution in [3.63, 3.8) is 0 Å². The number of fused-ring (bicyclic) bond motifs is 1. The molecule has 0 aliphatic carbocycles. The van der Waals surface area contributed by atoms with Gasteiger partial charge in [-0.1, -0.05) is 19.1 Å². The molecular formula is C15H19ClN4. The van der Waals surface area contributed by atoms with E-state index >= 15 is 0 Å². The Hall–Kier alpha value is -1.39. The fourth-order valence-electron chi connectivity index (χ4n) is 2.90. The highest BCUT2D eigenvalue weighted by molar-refractivity contribution is 6.28. The summed E-state index contributed by atoms with van der Waals surface area (Å²) in [6.45, 7) is 7.19. The SMILES string of the molecule is CCNC1CCN(c2nc(Cl)nc3c(C)cccc23)C1. The lowest BCUT2D eigenvalue weighted by molar-refractivity contribution is 0.571. The highest BCUT2D eigenvalue weighted by Gasteiger charge is 2.24. The van der Waals surface area contributed by atoms with Crippen LogP contribution in [0.25, 0.3) is 10.9 Å². The van der Waals surface area contributed by atoms with E-state index in [-0.39, 0.29) is 0 Å². The zero-order valence-electron chi connectivity index (χ0n) is 11.9. The Labute approximate surface area is 124 Å². The Morgan fingerprint density at radius 2 is 2.25 bits per heavy atom. The molecule has 1 unspecified atom stereocenters. The number of anilines is 1. The molecule has 1 atom stereocenters. The molecule has 1 N–H and O–H groups in total. The van der Waals surface area contributed by atoms with E-state index in [1.54, 1.807) is 0 Å². The molecule has 1 aliphatic heterocycles. The van der Waals surface area contributed by atoms with Crippen LogP contribution in [0.2, 0.25) is 5.28 Å². The molecule has 0 saturated carbocycles. The molecule has 0 spiro atoms. The van der Waals surface area contributed by atoms with Gasteiger partial charge in [0.2, 0.25) is 5.28 Å². The topological polar surface area (TPSA) is 41.0 Å². The van der Waals surface area contributed by atoms with Crippen LogP contribution in [0.1, 0.15) is 18.9 Å². The molecule has 1 saturated heterocycles. The third-order valence-corrected chi connectivity index (χ3v) is 4.03. The molecule has 106 valence electrons. The Balaban J connectivity index is 2.01. The maximum Gasteiger partial charge on any atom is 0.224 e. The van der Waals surface area contributed by atoms with Gasteiger partial charge >= 0.3 is 0 Å². The first kappa shape index (κ1) is 13.6. The highest BCUT2D eigenvalue weighted by Crippen LogP contribution is 2.29. The fourth-order valence-corrected chi connectivity index (χ4v) is 3.07. The van der Waals surface area contributed by atoms with Crippen molar-refractivity contribution >= 4 is 28.3 Å². The van der Waals surface area contributed by atoms with E-state index < -0.39 is 0 Å². The van der Waals surface area contributed by atoms with Gasteiger partial charge in [-0.3, -0.25) is 0 Å². The first-order valence-corrected chi connectivity index (χ1v) is 7.48. The Kier molecular flexibility index (Phi) is 3.76. The molecule has 5 heteroatoms. The zero-order valence-corrected chi connectivity index (χ0v) is 12.6. The third-order valence-electron chi connectivity index (χ3n) is 3.86. The standard InChI is InChI=1S/C15H19ClN4/c1-3-17-11-7-8-20(9-11)14-12-6-4-5-10(2)13(12)18-15(16)19-14/h4-6,11,17H,3,7-9H2,1-2H3. The van der Waals surface area contributed by atoms with Crippen LogP contribution in [-0.4, -0.2) is 35.6 Å². The number of hydrogen-bond acceptors (Lipinski definition) is 4. The first-order valence-electron chi connectivity index (χ1n) is 7.10. The van der Waals surface area contributed by atoms with E-state index in [1.807, 2.05) is 0 Å². The maximum absolute atomic E-state index is 6.11. The predicted molar refractivity (Wildman–Crippen MR) is 83.6 cm³/mol. The van der Waals surface area contributed by atoms with E-state index in [0.717, 1.165) is 48.3 Å². The summed E-state index contributed by atoms with van der Waals surface area (Å²) in [7, 11) is 0. The third kappa shape index (κ3) is 2.45. The van der Waals surface area contributed by atoms with Gasteiger partial charge in [0, 0.05) is 24.5 Å². The fraction of sp³-hybridized carbons (Fsp3) is 0.467. The molecular weight excluding hydrogens is 272 g/mol. The van der Waals surface area contributed by atoms with Gasteiger partial charge in [-0.2, -0.15) is 4.98 Å². The lowest BCUT2D eigenvalue weighted by Gasteiger charge is -2.20. The van der Waals surface area contributed by atoms with E-state index in [1.165, 1.54) is 0 Å². The molecule has 1 fully saturated rings. The number of likely N-dealkylation sites (N-methyl/N-ethyl adjacent to an activating group) is 1. The summed E-state index contributed by atoms with van der Waals surface area (Å²) in [6, 6.07) is 6.72. The van der Waals surface area contributed by atoms with Crippen LogP contribution in [0.5, 0.6) is 0 Å². The van der Waals surface area contributed by atoms with Crippen LogP contribution in [0.4, 0.5) is 5.82 Å². The van der Waals surface area contributed by atoms with Crippen LogP contribution in [0.3, 0.4) is 0 Å². The lowest BCUT2D eigenvalue weighted by atomic mass is 10.1. The second kappa shape index (κ2) is 5.54. The van der Waals surface area contributed by atoms with Crippen LogP contribution in [0, 0.1) is 6.92 Å². The molecule has 1 aromatic carbocycles. The van der Waals surface area contributed by atoms with Crippen molar-refractivity contribution in [1.29, 1.82) is 0 Å². The summed E-state index contributed by atoms with van der Waals surface area (Å²) < 4.78 is 0. The van der Waals surface area contributed by atoms with Gasteiger partial charge in [-0.25, -0.2) is 4.98 Å². The minimum absolute atomic E-state index is 0.328. The lowest BCUT2D eigenvalue weighted by Crippen LogP contribution is -2.32. The number of nitrogens with one attached hydrogen (secondary N) is 1. The highest BCUT2D eigenvalue weighted by atomic mass is 35.5. The first-order chi connectivity index (χ1) is 9.69. The largest absolute Gasteiger partial charge is 0.354 e. The minimum atomic E-state index is 0.328. The second-order valence-corrected chi connectivity index (χ2v) is 5.61. The molecule has 3 rings (SSSR count). The zero-order chi connectivity index (χ0) is 14.1. The molecule has 20 heavy (non-hydrogen) atoms. The van der Waals surface area contributed by atoms with Crippen molar-refractivity contribution in [2.45, 2.75) is 26.3 Å². The van der Waals surface area contributed by atoms with Crippen molar-refractivity contribution in [1.82, 2.24) is 15.3 Å². The number of benzene rings is 1. The van der Waals surface area contributed by atoms with Crippen molar-refractivity contribution in [2.24, 2.45) is 0 Å². The maximum atomic E-state index is 6.11. The van der Waals surface area contributed by atoms with Gasteiger partial charge in [0.15, 0.2) is 0 Å². The van der Waals surface area contributed by atoms with Crippen molar-refractivity contribution in [2.75, 3.05) is 24.5 Å². The predicted octanol–water partition coefficient (Wildman–Crippen LogP) is 2.78. The summed E-state index contributed by atoms with van der Waals surface area (Å²) in [4.78, 5) is 11.2. The van der Waals surface area contributed by atoms with E-state index in [0.29, 0.717) is 11.3 Å². The van der Waals surface area contributed by atoms with Crippen molar-refractivity contribution < 1.29 is 0 Å². The Morgan fingerprint density at radius 3 is 3.05 bits per heavy atom. The summed E-state index contributed by atoms with van der Waals surface area (Å²) in [5.74, 6) is 0.962. The molecule has 2 heterocycles. The minimum Gasteiger partial charge on any atom is -0.354 e. The van der Waals surface area contributed by atoms with Crippen LogP contribution >= 0.6 is 11.6 Å². The van der Waals surface area contributed by atoms with E-state index in [2.05, 4.69) is 52.2 Å². The van der Waals surface area contributed by atoms with E-state index in [4.69, 9.17) is 11.6 Å². The van der Waals surface area contributed by atoms with Crippen LogP contribution in [-0.2, 0) is 0 Å². The summed E-state index contributed by atoms with van der Waals surface area (Å²) in [5, 5.41) is 4.92. The monoisotopic (exact) mass is 290 g/mol. The van der Waals surface area contributed by atoms with Crippen LogP contribution in [0.15, 0.2) is 18.2 Å². The molecule has 2 aromatic rings. The summed E-state index contributed by atoms with van der Waals surface area (Å²) in [5.41, 5.74) is 2.09. The number of nitrogens with zero attached hydrogens (tertiary/aromatic N) is 3. The normalized spacial score (nSPS) is 18.9. The van der Waals surface area contributed by atoms with Gasteiger partial charge in [0.25, 0.3) is 0 Å². The quantitative estimate of drug-likeness (QED) is 0.883. The molecule has 1 aliphatic rings. The number of hydrogen-bond donors (Lipinski definition) is 1. The smallest absolute Gasteiger partial charge is 0.224 e. The molecule has 0 bridgehead atoms.